The number of likely N-dealkylation sites (tertiary alicyclic amines) is 1. The summed E-state index contributed by atoms with van der Waals surface area (Å²) in [5.74, 6) is 0.538. The molecule has 0 saturated carbocycles. The number of hydrogen-bond donors (Lipinski definition) is 2. The van der Waals surface area contributed by atoms with Crippen molar-refractivity contribution >= 4 is 22.4 Å². The topological polar surface area (TPSA) is 74.7 Å². The molecule has 0 radical (unpaired) electrons. The van der Waals surface area contributed by atoms with Crippen LogP contribution in [0.5, 0.6) is 0 Å². The van der Waals surface area contributed by atoms with E-state index in [1.807, 2.05) is 0 Å². The Bertz CT molecular complexity index is 591. The second-order valence-electron chi connectivity index (χ2n) is 7.50. The SMILES string of the molecule is O=C(Nc1nc2c(s1)CCCC2)[C@@H]1C[C@@H](O)CN1CC1CCOCC1. The van der Waals surface area contributed by atoms with Gasteiger partial charge in [-0.1, -0.05) is 0 Å². The van der Waals surface area contributed by atoms with Crippen molar-refractivity contribution in [2.45, 2.75) is 57.1 Å². The molecule has 1 aromatic heterocycles. The molecule has 2 saturated heterocycles. The Labute approximate surface area is 152 Å². The van der Waals surface area contributed by atoms with Gasteiger partial charge in [0.15, 0.2) is 5.13 Å². The van der Waals surface area contributed by atoms with Crippen LogP contribution < -0.4 is 5.32 Å². The van der Waals surface area contributed by atoms with Crippen molar-refractivity contribution in [1.82, 2.24) is 9.88 Å². The molecular formula is C18H27N3O3S. The first-order valence-electron chi connectivity index (χ1n) is 9.48. The number of fused-ring (bicyclic) bond motifs is 1. The number of aromatic nitrogens is 1. The summed E-state index contributed by atoms with van der Waals surface area (Å²) in [6.45, 7) is 3.07. The van der Waals surface area contributed by atoms with Crippen LogP contribution in [0.4, 0.5) is 5.13 Å². The molecule has 3 heterocycles. The molecule has 3 aliphatic rings. The second kappa shape index (κ2) is 7.70. The van der Waals surface area contributed by atoms with Gasteiger partial charge >= 0.3 is 0 Å². The Morgan fingerprint density at radius 2 is 2.12 bits per heavy atom. The van der Waals surface area contributed by atoms with E-state index in [1.165, 1.54) is 17.7 Å². The standard InChI is InChI=1S/C18H27N3O3S/c22-13-9-15(21(11-13)10-12-5-7-24-8-6-12)17(23)20-18-19-14-3-1-2-4-16(14)25-18/h12-13,15,22H,1-11H2,(H,19,20,23)/t13-,15+/m1/s1. The van der Waals surface area contributed by atoms with Crippen molar-refractivity contribution in [2.75, 3.05) is 31.6 Å². The lowest BCUT2D eigenvalue weighted by atomic mass is 9.99. The van der Waals surface area contributed by atoms with Crippen LogP contribution in [0.1, 0.15) is 42.7 Å². The number of ether oxygens (including phenoxy) is 1. The Hall–Kier alpha value is -1.02. The number of amides is 1. The monoisotopic (exact) mass is 365 g/mol. The molecule has 4 rings (SSSR count). The number of carbonyl (C=O) groups is 1. The van der Waals surface area contributed by atoms with E-state index in [4.69, 9.17) is 4.74 Å². The van der Waals surface area contributed by atoms with Crippen molar-refractivity contribution in [3.63, 3.8) is 0 Å². The summed E-state index contributed by atoms with van der Waals surface area (Å²) >= 11 is 1.62. The lowest BCUT2D eigenvalue weighted by Crippen LogP contribution is -2.42. The number of β-amino-alcohol motifs (C(OH)–C–C–N with tert-alkyl or cyclic N) is 1. The number of rotatable bonds is 4. The molecule has 1 aliphatic carbocycles. The summed E-state index contributed by atoms with van der Waals surface area (Å²) in [7, 11) is 0. The van der Waals surface area contributed by atoms with E-state index in [0.717, 1.165) is 56.3 Å². The number of hydrogen-bond acceptors (Lipinski definition) is 6. The van der Waals surface area contributed by atoms with Gasteiger partial charge in [0, 0.05) is 31.2 Å². The first-order valence-corrected chi connectivity index (χ1v) is 10.3. The summed E-state index contributed by atoms with van der Waals surface area (Å²) in [6, 6.07) is -0.251. The molecule has 1 amide bonds. The van der Waals surface area contributed by atoms with Crippen molar-refractivity contribution in [1.29, 1.82) is 0 Å². The van der Waals surface area contributed by atoms with Crippen molar-refractivity contribution in [3.05, 3.63) is 10.6 Å². The Morgan fingerprint density at radius 1 is 1.32 bits per heavy atom. The Morgan fingerprint density at radius 3 is 2.92 bits per heavy atom. The Kier molecular flexibility index (Phi) is 5.36. The van der Waals surface area contributed by atoms with Gasteiger partial charge < -0.3 is 15.2 Å². The average Bonchev–Trinajstić information content (AvgIpc) is 3.18. The van der Waals surface area contributed by atoms with Crippen LogP contribution in [0.3, 0.4) is 0 Å². The second-order valence-corrected chi connectivity index (χ2v) is 8.58. The minimum Gasteiger partial charge on any atom is -0.392 e. The summed E-state index contributed by atoms with van der Waals surface area (Å²) in [4.78, 5) is 20.9. The number of nitrogens with zero attached hydrogens (tertiary/aromatic N) is 2. The van der Waals surface area contributed by atoms with Gasteiger partial charge in [0.1, 0.15) is 0 Å². The fraction of sp³-hybridized carbons (Fsp3) is 0.778. The third-order valence-corrected chi connectivity index (χ3v) is 6.67. The smallest absolute Gasteiger partial charge is 0.243 e. The third kappa shape index (κ3) is 4.05. The highest BCUT2D eigenvalue weighted by Gasteiger charge is 2.37. The van der Waals surface area contributed by atoms with Gasteiger partial charge in [0.25, 0.3) is 0 Å². The highest BCUT2D eigenvalue weighted by atomic mass is 32.1. The molecule has 0 spiro atoms. The lowest BCUT2D eigenvalue weighted by Gasteiger charge is -2.30. The molecule has 2 fully saturated rings. The highest BCUT2D eigenvalue weighted by molar-refractivity contribution is 7.15. The number of anilines is 1. The number of carbonyl (C=O) groups excluding carboxylic acids is 1. The first kappa shape index (κ1) is 17.4. The van der Waals surface area contributed by atoms with Gasteiger partial charge in [-0.2, -0.15) is 0 Å². The molecule has 7 heteroatoms. The number of nitrogens with one attached hydrogen (secondary N) is 1. The van der Waals surface area contributed by atoms with Gasteiger partial charge in [-0.05, 0) is 50.9 Å². The molecule has 0 aromatic carbocycles. The first-order chi connectivity index (χ1) is 12.2. The van der Waals surface area contributed by atoms with Gasteiger partial charge in [-0.3, -0.25) is 9.69 Å². The zero-order chi connectivity index (χ0) is 17.2. The van der Waals surface area contributed by atoms with Gasteiger partial charge in [0.2, 0.25) is 5.91 Å². The fourth-order valence-corrected chi connectivity index (χ4v) is 5.26. The zero-order valence-electron chi connectivity index (χ0n) is 14.6. The molecule has 2 aliphatic heterocycles. The van der Waals surface area contributed by atoms with E-state index in [9.17, 15) is 9.90 Å². The van der Waals surface area contributed by atoms with E-state index in [0.29, 0.717) is 18.9 Å². The third-order valence-electron chi connectivity index (χ3n) is 5.59. The van der Waals surface area contributed by atoms with Crippen LogP contribution in [0, 0.1) is 5.92 Å². The normalized spacial score (nSPS) is 28.0. The molecule has 138 valence electrons. The fourth-order valence-electron chi connectivity index (χ4n) is 4.21. The van der Waals surface area contributed by atoms with Crippen LogP contribution in [0.2, 0.25) is 0 Å². The van der Waals surface area contributed by atoms with Crippen LogP contribution in [-0.2, 0) is 22.4 Å². The van der Waals surface area contributed by atoms with Crippen LogP contribution in [0.15, 0.2) is 0 Å². The molecule has 1 aromatic rings. The molecule has 0 unspecified atom stereocenters. The lowest BCUT2D eigenvalue weighted by molar-refractivity contribution is -0.120. The summed E-state index contributed by atoms with van der Waals surface area (Å²) < 4.78 is 5.42. The highest BCUT2D eigenvalue weighted by Crippen LogP contribution is 2.30. The number of thiazole rings is 1. The van der Waals surface area contributed by atoms with Crippen molar-refractivity contribution in [2.24, 2.45) is 5.92 Å². The van der Waals surface area contributed by atoms with Gasteiger partial charge in [0.05, 0.1) is 17.8 Å². The summed E-state index contributed by atoms with van der Waals surface area (Å²) in [5, 5.41) is 13.8. The largest absolute Gasteiger partial charge is 0.392 e. The Balaban J connectivity index is 1.39. The quantitative estimate of drug-likeness (QED) is 0.851. The maximum absolute atomic E-state index is 12.8. The van der Waals surface area contributed by atoms with E-state index in [2.05, 4.69) is 15.2 Å². The van der Waals surface area contributed by atoms with E-state index >= 15 is 0 Å². The summed E-state index contributed by atoms with van der Waals surface area (Å²) in [5.41, 5.74) is 1.16. The van der Waals surface area contributed by atoms with E-state index in [1.54, 1.807) is 11.3 Å². The van der Waals surface area contributed by atoms with Crippen LogP contribution in [0.25, 0.3) is 0 Å². The van der Waals surface area contributed by atoms with Crippen molar-refractivity contribution in [3.8, 4) is 0 Å². The number of aliphatic hydroxyl groups excluding tert-OH is 1. The summed E-state index contributed by atoms with van der Waals surface area (Å²) in [6.07, 6.45) is 6.70. The number of aryl methyl sites for hydroxylation is 2. The molecule has 2 atom stereocenters. The predicted octanol–water partition coefficient (Wildman–Crippen LogP) is 1.82. The van der Waals surface area contributed by atoms with Crippen molar-refractivity contribution < 1.29 is 14.6 Å². The number of aliphatic hydroxyl groups is 1. The van der Waals surface area contributed by atoms with Crippen LogP contribution in [-0.4, -0.2) is 59.3 Å². The van der Waals surface area contributed by atoms with E-state index < -0.39 is 6.10 Å². The maximum atomic E-state index is 12.8. The average molecular weight is 365 g/mol. The van der Waals surface area contributed by atoms with E-state index in [-0.39, 0.29) is 11.9 Å². The van der Waals surface area contributed by atoms with Gasteiger partial charge in [-0.15, -0.1) is 11.3 Å². The predicted molar refractivity (Wildman–Crippen MR) is 96.9 cm³/mol. The van der Waals surface area contributed by atoms with Gasteiger partial charge in [-0.25, -0.2) is 4.98 Å². The molecule has 6 nitrogen and oxygen atoms in total. The minimum atomic E-state index is -0.417. The zero-order valence-corrected chi connectivity index (χ0v) is 15.4. The maximum Gasteiger partial charge on any atom is 0.243 e. The molecule has 25 heavy (non-hydrogen) atoms. The minimum absolute atomic E-state index is 0.0188. The molecule has 0 bridgehead atoms. The molecule has 2 N–H and O–H groups in total. The van der Waals surface area contributed by atoms with Crippen LogP contribution >= 0.6 is 11.3 Å². The molecular weight excluding hydrogens is 338 g/mol.